The van der Waals surface area contributed by atoms with E-state index in [0.717, 1.165) is 11.3 Å². The molecule has 0 saturated carbocycles. The first-order valence-corrected chi connectivity index (χ1v) is 8.06. The van der Waals surface area contributed by atoms with Crippen LogP contribution in [-0.4, -0.2) is 36.0 Å². The van der Waals surface area contributed by atoms with E-state index < -0.39 is 16.0 Å². The number of hydrogen-bond donors (Lipinski definition) is 3. The van der Waals surface area contributed by atoms with Crippen molar-refractivity contribution in [3.05, 3.63) is 35.2 Å². The number of rotatable bonds is 7. The smallest absolute Gasteiger partial charge is 0.308 e. The minimum absolute atomic E-state index is 0.119. The molecule has 0 atom stereocenters. The van der Waals surface area contributed by atoms with Gasteiger partial charge in [0.2, 0.25) is 10.0 Å². The zero-order valence-corrected chi connectivity index (χ0v) is 12.0. The second-order valence-electron chi connectivity index (χ2n) is 3.97. The van der Waals surface area contributed by atoms with Crippen LogP contribution in [0, 0.1) is 0 Å². The molecule has 2 aromatic rings. The number of nitrogens with zero attached hydrogens (tertiary/aromatic N) is 1. The average Bonchev–Trinajstić information content (AvgIpc) is 2.99. The van der Waals surface area contributed by atoms with Crippen LogP contribution in [0.4, 0.5) is 0 Å². The number of aliphatic carboxylic acids is 1. The zero-order chi connectivity index (χ0) is 14.6. The number of H-pyrrole nitrogens is 1. The van der Waals surface area contributed by atoms with Crippen molar-refractivity contribution in [1.82, 2.24) is 14.7 Å². The molecule has 0 aromatic carbocycles. The monoisotopic (exact) mass is 315 g/mol. The fourth-order valence-electron chi connectivity index (χ4n) is 1.56. The standard InChI is InChI=1S/C11H13N3O4S2/c15-10(16)7-8-1-2-11(19-8)20(17,18)14-4-3-9-12-5-6-13-9/h1-2,5-6,14H,3-4,7H2,(H,12,13)(H,15,16). The SMILES string of the molecule is O=C(O)Cc1ccc(S(=O)(=O)NCCc2ncc[nH]2)s1. The molecular weight excluding hydrogens is 302 g/mol. The molecule has 0 bridgehead atoms. The van der Waals surface area contributed by atoms with Crippen LogP contribution in [0.2, 0.25) is 0 Å². The van der Waals surface area contributed by atoms with Crippen molar-refractivity contribution in [2.24, 2.45) is 0 Å². The van der Waals surface area contributed by atoms with Crippen molar-refractivity contribution in [2.75, 3.05) is 6.54 Å². The lowest BCUT2D eigenvalue weighted by atomic mass is 10.3. The van der Waals surface area contributed by atoms with Crippen LogP contribution in [-0.2, 0) is 27.7 Å². The molecule has 20 heavy (non-hydrogen) atoms. The van der Waals surface area contributed by atoms with Crippen molar-refractivity contribution in [1.29, 1.82) is 0 Å². The maximum absolute atomic E-state index is 12.0. The number of carboxylic acids is 1. The highest BCUT2D eigenvalue weighted by molar-refractivity contribution is 7.91. The molecule has 9 heteroatoms. The Kier molecular flexibility index (Phi) is 4.53. The summed E-state index contributed by atoms with van der Waals surface area (Å²) in [6.07, 6.45) is 3.55. The molecule has 3 N–H and O–H groups in total. The molecule has 7 nitrogen and oxygen atoms in total. The van der Waals surface area contributed by atoms with E-state index in [2.05, 4.69) is 14.7 Å². The van der Waals surface area contributed by atoms with Gasteiger partial charge in [-0.1, -0.05) is 0 Å². The molecule has 0 unspecified atom stereocenters. The number of thiophene rings is 1. The highest BCUT2D eigenvalue weighted by Crippen LogP contribution is 2.21. The fraction of sp³-hybridized carbons (Fsp3) is 0.273. The Balaban J connectivity index is 1.95. The minimum atomic E-state index is -3.59. The molecule has 108 valence electrons. The van der Waals surface area contributed by atoms with Gasteiger partial charge in [0.15, 0.2) is 0 Å². The van der Waals surface area contributed by atoms with Gasteiger partial charge in [-0.15, -0.1) is 11.3 Å². The number of carboxylic acid groups (broad SMARTS) is 1. The van der Waals surface area contributed by atoms with Gasteiger partial charge in [-0.25, -0.2) is 18.1 Å². The Morgan fingerprint density at radius 2 is 2.25 bits per heavy atom. The predicted octanol–water partition coefficient (Wildman–Crippen LogP) is 0.619. The molecule has 0 amide bonds. The number of carbonyl (C=O) groups is 1. The third-order valence-corrected chi connectivity index (χ3v) is 5.47. The number of nitrogens with one attached hydrogen (secondary N) is 2. The topological polar surface area (TPSA) is 112 Å². The molecule has 0 saturated heterocycles. The van der Waals surface area contributed by atoms with Gasteiger partial charge in [0.05, 0.1) is 6.42 Å². The van der Waals surface area contributed by atoms with E-state index in [1.165, 1.54) is 12.1 Å². The summed E-state index contributed by atoms with van der Waals surface area (Å²) in [4.78, 5) is 17.9. The lowest BCUT2D eigenvalue weighted by Crippen LogP contribution is -2.25. The number of sulfonamides is 1. The van der Waals surface area contributed by atoms with E-state index in [9.17, 15) is 13.2 Å². The third kappa shape index (κ3) is 3.89. The Morgan fingerprint density at radius 1 is 1.45 bits per heavy atom. The van der Waals surface area contributed by atoms with Crippen LogP contribution in [0.5, 0.6) is 0 Å². The van der Waals surface area contributed by atoms with Crippen molar-refractivity contribution >= 4 is 27.3 Å². The van der Waals surface area contributed by atoms with E-state index in [4.69, 9.17) is 5.11 Å². The van der Waals surface area contributed by atoms with Gasteiger partial charge in [-0.3, -0.25) is 4.79 Å². The zero-order valence-electron chi connectivity index (χ0n) is 10.4. The number of aromatic nitrogens is 2. The highest BCUT2D eigenvalue weighted by Gasteiger charge is 2.17. The lowest BCUT2D eigenvalue weighted by molar-refractivity contribution is -0.136. The molecule has 0 fully saturated rings. The van der Waals surface area contributed by atoms with Crippen molar-refractivity contribution < 1.29 is 18.3 Å². The Bertz CT molecular complexity index is 676. The summed E-state index contributed by atoms with van der Waals surface area (Å²) in [5.41, 5.74) is 0. The summed E-state index contributed by atoms with van der Waals surface area (Å²) < 4.78 is 26.5. The number of aromatic amines is 1. The Morgan fingerprint density at radius 3 is 2.90 bits per heavy atom. The van der Waals surface area contributed by atoms with Gasteiger partial charge in [0.1, 0.15) is 10.0 Å². The molecule has 0 aliphatic carbocycles. The van der Waals surface area contributed by atoms with Gasteiger partial charge in [0, 0.05) is 30.2 Å². The van der Waals surface area contributed by atoms with Crippen LogP contribution in [0.1, 0.15) is 10.7 Å². The second-order valence-corrected chi connectivity index (χ2v) is 7.14. The summed E-state index contributed by atoms with van der Waals surface area (Å²) in [5.74, 6) is -0.285. The highest BCUT2D eigenvalue weighted by atomic mass is 32.2. The third-order valence-electron chi connectivity index (χ3n) is 2.44. The molecule has 0 aliphatic rings. The van der Waals surface area contributed by atoms with Gasteiger partial charge in [-0.05, 0) is 12.1 Å². The van der Waals surface area contributed by atoms with E-state index >= 15 is 0 Å². The van der Waals surface area contributed by atoms with Crippen molar-refractivity contribution in [2.45, 2.75) is 17.1 Å². The van der Waals surface area contributed by atoms with Crippen LogP contribution in [0.15, 0.2) is 28.7 Å². The summed E-state index contributed by atoms with van der Waals surface area (Å²) in [6.45, 7) is 0.224. The first-order valence-electron chi connectivity index (χ1n) is 5.76. The summed E-state index contributed by atoms with van der Waals surface area (Å²) in [7, 11) is -3.59. The fourth-order valence-corrected chi connectivity index (χ4v) is 3.98. The van der Waals surface area contributed by atoms with Gasteiger partial charge in [-0.2, -0.15) is 0 Å². The summed E-state index contributed by atoms with van der Waals surface area (Å²) >= 11 is 0.961. The predicted molar refractivity (Wildman–Crippen MR) is 73.1 cm³/mol. The molecule has 2 heterocycles. The molecule has 0 aliphatic heterocycles. The molecule has 0 spiro atoms. The van der Waals surface area contributed by atoms with Gasteiger partial charge >= 0.3 is 5.97 Å². The van der Waals surface area contributed by atoms with Crippen LogP contribution in [0.3, 0.4) is 0 Å². The van der Waals surface area contributed by atoms with Gasteiger partial charge in [0.25, 0.3) is 0 Å². The van der Waals surface area contributed by atoms with Crippen molar-refractivity contribution in [3.63, 3.8) is 0 Å². The van der Waals surface area contributed by atoms with E-state index in [1.807, 2.05) is 0 Å². The van der Waals surface area contributed by atoms with E-state index in [1.54, 1.807) is 12.4 Å². The Hall–Kier alpha value is -1.71. The quantitative estimate of drug-likeness (QED) is 0.693. The maximum atomic E-state index is 12.0. The van der Waals surface area contributed by atoms with E-state index in [0.29, 0.717) is 17.1 Å². The van der Waals surface area contributed by atoms with Crippen molar-refractivity contribution in [3.8, 4) is 0 Å². The average molecular weight is 315 g/mol. The Labute approximate surface area is 119 Å². The maximum Gasteiger partial charge on any atom is 0.308 e. The number of hydrogen-bond acceptors (Lipinski definition) is 5. The lowest BCUT2D eigenvalue weighted by Gasteiger charge is -2.03. The van der Waals surface area contributed by atoms with E-state index in [-0.39, 0.29) is 17.2 Å². The largest absolute Gasteiger partial charge is 0.481 e. The molecule has 0 radical (unpaired) electrons. The minimum Gasteiger partial charge on any atom is -0.481 e. The van der Waals surface area contributed by atoms with Crippen LogP contribution >= 0.6 is 11.3 Å². The first-order chi connectivity index (χ1) is 9.47. The molecular formula is C11H13N3O4S2. The summed E-state index contributed by atoms with van der Waals surface area (Å²) in [6, 6.07) is 2.93. The first kappa shape index (κ1) is 14.7. The normalized spacial score (nSPS) is 11.6. The van der Waals surface area contributed by atoms with Crippen LogP contribution < -0.4 is 4.72 Å². The molecule has 2 aromatic heterocycles. The van der Waals surface area contributed by atoms with Crippen LogP contribution in [0.25, 0.3) is 0 Å². The second kappa shape index (κ2) is 6.16. The number of imidazole rings is 1. The molecule has 2 rings (SSSR count). The van der Waals surface area contributed by atoms with Gasteiger partial charge < -0.3 is 10.1 Å². The summed E-state index contributed by atoms with van der Waals surface area (Å²) in [5, 5.41) is 8.66.